The summed E-state index contributed by atoms with van der Waals surface area (Å²) in [6, 6.07) is 0. The van der Waals surface area contributed by atoms with Crippen molar-refractivity contribution in [3.05, 3.63) is 12.3 Å². The van der Waals surface area contributed by atoms with Crippen molar-refractivity contribution < 1.29 is 0 Å². The molecule has 0 aliphatic rings. The second-order valence-electron chi connectivity index (χ2n) is 2.90. The van der Waals surface area contributed by atoms with Gasteiger partial charge in [0.2, 0.25) is 0 Å². The molecule has 9 heavy (non-hydrogen) atoms. The third-order valence-electron chi connectivity index (χ3n) is 0.702. The Morgan fingerprint density at radius 2 is 2.00 bits per heavy atom. The highest BCUT2D eigenvalue weighted by molar-refractivity contribution is 7.78. The molecule has 0 unspecified atom stereocenters. The highest BCUT2D eigenvalue weighted by atomic mass is 32.1. The Morgan fingerprint density at radius 3 is 2.33 bits per heavy atom. The fraction of sp³-hybridized carbons (Fsp3) is 0.571. The smallest absolute Gasteiger partial charge is 0.0634 e. The molecule has 2 heteroatoms. The van der Waals surface area contributed by atoms with Crippen LogP contribution in [0.2, 0.25) is 0 Å². The number of isothiocyanates is 1. The van der Waals surface area contributed by atoms with Crippen LogP contribution in [-0.4, -0.2) is 5.16 Å². The van der Waals surface area contributed by atoms with Crippen molar-refractivity contribution in [1.82, 2.24) is 0 Å². The summed E-state index contributed by atoms with van der Waals surface area (Å²) < 4.78 is 0. The monoisotopic (exact) mass is 141 g/mol. The van der Waals surface area contributed by atoms with Gasteiger partial charge in [0.25, 0.3) is 0 Å². The van der Waals surface area contributed by atoms with Crippen LogP contribution in [0.15, 0.2) is 17.3 Å². The van der Waals surface area contributed by atoms with Crippen molar-refractivity contribution in [1.29, 1.82) is 0 Å². The lowest BCUT2D eigenvalue weighted by Gasteiger charge is -2.09. The minimum Gasteiger partial charge on any atom is -0.203 e. The molecule has 0 radical (unpaired) electrons. The first-order chi connectivity index (χ1) is 4.06. The van der Waals surface area contributed by atoms with Crippen LogP contribution >= 0.6 is 12.2 Å². The number of hydrogen-bond donors (Lipinski definition) is 0. The zero-order valence-corrected chi connectivity index (χ0v) is 6.83. The summed E-state index contributed by atoms with van der Waals surface area (Å²) in [6.45, 7) is 6.30. The lowest BCUT2D eigenvalue weighted by molar-refractivity contribution is 0.543. The molecule has 0 N–H and O–H groups in total. The van der Waals surface area contributed by atoms with Crippen LogP contribution in [-0.2, 0) is 0 Å². The quantitative estimate of drug-likeness (QED) is 0.404. The zero-order chi connectivity index (χ0) is 7.33. The summed E-state index contributed by atoms with van der Waals surface area (Å²) in [7, 11) is 0. The Balaban J connectivity index is 3.85. The van der Waals surface area contributed by atoms with Crippen LogP contribution in [0.25, 0.3) is 0 Å². The van der Waals surface area contributed by atoms with Crippen LogP contribution in [0.5, 0.6) is 0 Å². The van der Waals surface area contributed by atoms with Crippen LogP contribution < -0.4 is 0 Å². The molecule has 0 atom stereocenters. The lowest BCUT2D eigenvalue weighted by Crippen LogP contribution is -1.97. The summed E-state index contributed by atoms with van der Waals surface area (Å²) in [4.78, 5) is 3.64. The van der Waals surface area contributed by atoms with E-state index in [1.807, 2.05) is 6.08 Å². The molecule has 0 aromatic rings. The first-order valence-corrected chi connectivity index (χ1v) is 3.22. The summed E-state index contributed by atoms with van der Waals surface area (Å²) in [5.41, 5.74) is 0.190. The van der Waals surface area contributed by atoms with Crippen LogP contribution in [0, 0.1) is 5.41 Å². The molecule has 0 heterocycles. The van der Waals surface area contributed by atoms with Gasteiger partial charge in [0, 0.05) is 6.20 Å². The molecule has 0 rings (SSSR count). The first-order valence-electron chi connectivity index (χ1n) is 2.81. The molecule has 0 fully saturated rings. The summed E-state index contributed by atoms with van der Waals surface area (Å²) >= 11 is 4.37. The minimum absolute atomic E-state index is 0.190. The van der Waals surface area contributed by atoms with E-state index < -0.39 is 0 Å². The Labute approximate surface area is 61.5 Å². The van der Waals surface area contributed by atoms with Gasteiger partial charge in [-0.15, -0.1) is 0 Å². The highest BCUT2D eigenvalue weighted by Crippen LogP contribution is 2.13. The molecule has 0 aromatic carbocycles. The van der Waals surface area contributed by atoms with Gasteiger partial charge in [-0.2, -0.15) is 0 Å². The molecule has 0 amide bonds. The zero-order valence-electron chi connectivity index (χ0n) is 6.01. The molecular formula is C7H11NS. The summed E-state index contributed by atoms with van der Waals surface area (Å²) in [5.74, 6) is 0. The van der Waals surface area contributed by atoms with Gasteiger partial charge in [0.05, 0.1) is 5.16 Å². The highest BCUT2D eigenvalue weighted by Gasteiger charge is 2.01. The Bertz CT molecular complexity index is 147. The summed E-state index contributed by atoms with van der Waals surface area (Å²) in [6.07, 6.45) is 3.65. The second-order valence-corrected chi connectivity index (χ2v) is 3.08. The molecule has 0 aliphatic heterocycles. The molecule has 50 valence electrons. The van der Waals surface area contributed by atoms with Crippen molar-refractivity contribution in [2.75, 3.05) is 0 Å². The van der Waals surface area contributed by atoms with E-state index in [1.165, 1.54) is 0 Å². The number of allylic oxidation sites excluding steroid dienone is 1. The van der Waals surface area contributed by atoms with E-state index in [2.05, 4.69) is 43.1 Å². The number of nitrogens with zero attached hydrogens (tertiary/aromatic N) is 1. The predicted octanol–water partition coefficient (Wildman–Crippen LogP) is 2.65. The largest absolute Gasteiger partial charge is 0.203 e. The van der Waals surface area contributed by atoms with Gasteiger partial charge in [-0.25, -0.2) is 4.99 Å². The Kier molecular flexibility index (Phi) is 3.36. The van der Waals surface area contributed by atoms with Crippen molar-refractivity contribution in [2.45, 2.75) is 20.8 Å². The van der Waals surface area contributed by atoms with Gasteiger partial charge in [0.1, 0.15) is 0 Å². The number of aliphatic imine (C=N–C) groups is 1. The van der Waals surface area contributed by atoms with E-state index in [1.54, 1.807) is 6.20 Å². The van der Waals surface area contributed by atoms with E-state index in [0.29, 0.717) is 0 Å². The molecular weight excluding hydrogens is 130 g/mol. The molecule has 0 aromatic heterocycles. The lowest BCUT2D eigenvalue weighted by atomic mass is 9.97. The third kappa shape index (κ3) is 7.54. The fourth-order valence-electron chi connectivity index (χ4n) is 0.291. The van der Waals surface area contributed by atoms with E-state index in [-0.39, 0.29) is 5.41 Å². The topological polar surface area (TPSA) is 12.4 Å². The average Bonchev–Trinajstić information content (AvgIpc) is 1.63. The molecule has 1 nitrogen and oxygen atoms in total. The minimum atomic E-state index is 0.190. The van der Waals surface area contributed by atoms with Crippen molar-refractivity contribution >= 4 is 17.4 Å². The molecule has 0 bridgehead atoms. The Morgan fingerprint density at radius 1 is 1.44 bits per heavy atom. The molecule has 0 saturated heterocycles. The number of hydrogen-bond acceptors (Lipinski definition) is 2. The average molecular weight is 141 g/mol. The van der Waals surface area contributed by atoms with E-state index in [4.69, 9.17) is 0 Å². The Hall–Kier alpha value is -0.460. The van der Waals surface area contributed by atoms with Crippen molar-refractivity contribution in [3.63, 3.8) is 0 Å². The first kappa shape index (κ1) is 8.54. The maximum absolute atomic E-state index is 4.37. The predicted molar refractivity (Wildman–Crippen MR) is 43.6 cm³/mol. The third-order valence-corrected chi connectivity index (χ3v) is 0.807. The van der Waals surface area contributed by atoms with Crippen LogP contribution in [0.4, 0.5) is 0 Å². The maximum atomic E-state index is 4.37. The van der Waals surface area contributed by atoms with Gasteiger partial charge >= 0.3 is 0 Å². The van der Waals surface area contributed by atoms with Gasteiger partial charge in [-0.3, -0.25) is 0 Å². The van der Waals surface area contributed by atoms with E-state index >= 15 is 0 Å². The standard InChI is InChI=1S/C7H11NS/c1-7(2,3)4-5-8-6-9/h4-5H,1-3H3. The van der Waals surface area contributed by atoms with Gasteiger partial charge < -0.3 is 0 Å². The summed E-state index contributed by atoms with van der Waals surface area (Å²) in [5, 5.41) is 2.26. The van der Waals surface area contributed by atoms with Crippen LogP contribution in [0.1, 0.15) is 20.8 Å². The van der Waals surface area contributed by atoms with Crippen LogP contribution in [0.3, 0.4) is 0 Å². The van der Waals surface area contributed by atoms with Crippen molar-refractivity contribution in [2.24, 2.45) is 10.4 Å². The fourth-order valence-corrected chi connectivity index (χ4v) is 0.352. The second kappa shape index (κ2) is 3.54. The molecule has 0 spiro atoms. The maximum Gasteiger partial charge on any atom is 0.0634 e. The van der Waals surface area contributed by atoms with Crippen molar-refractivity contribution in [3.8, 4) is 0 Å². The van der Waals surface area contributed by atoms with E-state index in [9.17, 15) is 0 Å². The normalized spacial score (nSPS) is 11.4. The van der Waals surface area contributed by atoms with Gasteiger partial charge in [-0.1, -0.05) is 26.8 Å². The number of thiocarbonyl (C=S) groups is 1. The van der Waals surface area contributed by atoms with E-state index in [0.717, 1.165) is 0 Å². The SMILES string of the molecule is CC(C)(C)C=CN=C=S. The number of rotatable bonds is 1. The molecule has 0 aliphatic carbocycles. The molecule has 0 saturated carbocycles. The van der Waals surface area contributed by atoms with Gasteiger partial charge in [-0.05, 0) is 17.6 Å². The van der Waals surface area contributed by atoms with Gasteiger partial charge in [0.15, 0.2) is 0 Å².